The van der Waals surface area contributed by atoms with Crippen LogP contribution in [0.2, 0.25) is 0 Å². The van der Waals surface area contributed by atoms with Crippen molar-refractivity contribution in [1.29, 1.82) is 0 Å². The Morgan fingerprint density at radius 2 is 1.29 bits per heavy atom. The van der Waals surface area contributed by atoms with E-state index < -0.39 is 5.82 Å². The van der Waals surface area contributed by atoms with Crippen LogP contribution in [-0.4, -0.2) is 5.78 Å². The normalized spacial score (nSPS) is 10.8. The van der Waals surface area contributed by atoms with E-state index in [0.29, 0.717) is 5.56 Å². The van der Waals surface area contributed by atoms with Crippen molar-refractivity contribution in [3.8, 4) is 0 Å². The number of carbonyl (C=O) groups excluding carboxylic acids is 1. The van der Waals surface area contributed by atoms with Crippen molar-refractivity contribution >= 4 is 5.78 Å². The Bertz CT molecular complexity index is 713. The van der Waals surface area contributed by atoms with Gasteiger partial charge in [-0.1, -0.05) is 11.6 Å². The van der Waals surface area contributed by atoms with Crippen molar-refractivity contribution in [1.82, 2.24) is 0 Å². The Kier molecular flexibility index (Phi) is 3.99. The summed E-state index contributed by atoms with van der Waals surface area (Å²) < 4.78 is 14.0. The first kappa shape index (κ1) is 15.4. The number of hydrogen-bond donors (Lipinski definition) is 0. The molecule has 0 N–H and O–H groups in total. The Hall–Kier alpha value is -1.96. The predicted octanol–water partition coefficient (Wildman–Crippen LogP) is 4.91. The topological polar surface area (TPSA) is 17.1 Å². The van der Waals surface area contributed by atoms with Gasteiger partial charge >= 0.3 is 0 Å². The quantitative estimate of drug-likeness (QED) is 0.716. The van der Waals surface area contributed by atoms with Crippen molar-refractivity contribution in [2.75, 3.05) is 0 Å². The summed E-state index contributed by atoms with van der Waals surface area (Å²) in [6, 6.07) is 4.67. The Morgan fingerprint density at radius 1 is 0.810 bits per heavy atom. The highest BCUT2D eigenvalue weighted by Crippen LogP contribution is 2.28. The van der Waals surface area contributed by atoms with E-state index in [0.717, 1.165) is 27.8 Å². The lowest BCUT2D eigenvalue weighted by Gasteiger charge is -2.18. The number of aryl methyl sites for hydroxylation is 1. The first-order valence-corrected chi connectivity index (χ1v) is 7.13. The third-order valence-electron chi connectivity index (χ3n) is 4.59. The van der Waals surface area contributed by atoms with Crippen molar-refractivity contribution < 1.29 is 9.18 Å². The van der Waals surface area contributed by atoms with Gasteiger partial charge in [0, 0.05) is 5.56 Å². The monoisotopic (exact) mass is 284 g/mol. The van der Waals surface area contributed by atoms with Gasteiger partial charge in [0.2, 0.25) is 0 Å². The molecule has 0 aromatic heterocycles. The van der Waals surface area contributed by atoms with Gasteiger partial charge in [0.05, 0.1) is 5.56 Å². The fraction of sp³-hybridized carbons (Fsp3) is 0.316. The molecule has 0 spiro atoms. The molecular weight excluding hydrogens is 263 g/mol. The second-order valence-electron chi connectivity index (χ2n) is 5.81. The van der Waals surface area contributed by atoms with Gasteiger partial charge in [-0.2, -0.15) is 0 Å². The lowest BCUT2D eigenvalue weighted by atomic mass is 9.86. The zero-order valence-electron chi connectivity index (χ0n) is 13.5. The summed E-state index contributed by atoms with van der Waals surface area (Å²) in [5, 5.41) is 0. The number of rotatable bonds is 2. The van der Waals surface area contributed by atoms with Crippen LogP contribution in [0.5, 0.6) is 0 Å². The third-order valence-corrected chi connectivity index (χ3v) is 4.59. The molecule has 0 atom stereocenters. The molecule has 0 radical (unpaired) electrons. The summed E-state index contributed by atoms with van der Waals surface area (Å²) in [5.74, 6) is -0.683. The summed E-state index contributed by atoms with van der Waals surface area (Å²) in [5.41, 5.74) is 6.98. The lowest BCUT2D eigenvalue weighted by molar-refractivity contribution is 0.103. The SMILES string of the molecule is Cc1ccc(F)c(C(=O)c2c(C)c(C)c(C)c(C)c2C)c1. The number of carbonyl (C=O) groups is 1. The molecule has 0 amide bonds. The molecule has 21 heavy (non-hydrogen) atoms. The van der Waals surface area contributed by atoms with E-state index in [1.165, 1.54) is 11.6 Å². The average Bonchev–Trinajstić information content (AvgIpc) is 2.45. The summed E-state index contributed by atoms with van der Waals surface area (Å²) in [4.78, 5) is 12.8. The van der Waals surface area contributed by atoms with Gasteiger partial charge in [0.25, 0.3) is 0 Å². The summed E-state index contributed by atoms with van der Waals surface area (Å²) in [6.45, 7) is 11.8. The number of halogens is 1. The first-order chi connectivity index (χ1) is 9.75. The number of hydrogen-bond acceptors (Lipinski definition) is 1. The van der Waals surface area contributed by atoms with Crippen molar-refractivity contribution in [3.05, 3.63) is 68.5 Å². The second kappa shape index (κ2) is 5.44. The summed E-state index contributed by atoms with van der Waals surface area (Å²) in [6.07, 6.45) is 0. The van der Waals surface area contributed by atoms with Crippen LogP contribution in [0.4, 0.5) is 4.39 Å². The molecule has 0 unspecified atom stereocenters. The van der Waals surface area contributed by atoms with Crippen LogP contribution in [0.3, 0.4) is 0 Å². The van der Waals surface area contributed by atoms with Crippen LogP contribution >= 0.6 is 0 Å². The minimum Gasteiger partial charge on any atom is -0.288 e. The maximum atomic E-state index is 14.0. The minimum atomic E-state index is -0.458. The van der Waals surface area contributed by atoms with Crippen molar-refractivity contribution in [2.24, 2.45) is 0 Å². The molecule has 1 nitrogen and oxygen atoms in total. The molecule has 0 heterocycles. The Morgan fingerprint density at radius 3 is 1.81 bits per heavy atom. The minimum absolute atomic E-state index is 0.156. The molecule has 0 aliphatic carbocycles. The molecule has 0 saturated carbocycles. The van der Waals surface area contributed by atoms with Gasteiger partial charge in [0.1, 0.15) is 5.82 Å². The maximum absolute atomic E-state index is 14.0. The van der Waals surface area contributed by atoms with Gasteiger partial charge in [-0.05, 0) is 81.5 Å². The van der Waals surface area contributed by atoms with Gasteiger partial charge in [-0.25, -0.2) is 4.39 Å². The maximum Gasteiger partial charge on any atom is 0.196 e. The van der Waals surface area contributed by atoms with E-state index >= 15 is 0 Å². The Balaban J connectivity index is 2.73. The van der Waals surface area contributed by atoms with Crippen molar-refractivity contribution in [3.63, 3.8) is 0 Å². The number of benzene rings is 2. The molecule has 2 heteroatoms. The fourth-order valence-corrected chi connectivity index (χ4v) is 2.79. The second-order valence-corrected chi connectivity index (χ2v) is 5.81. The standard InChI is InChI=1S/C19H21FO/c1-10-7-8-17(20)16(9-10)19(21)18-14(5)12(3)11(2)13(4)15(18)6/h7-9H,1-6H3. The van der Waals surface area contributed by atoms with Gasteiger partial charge in [-0.15, -0.1) is 0 Å². The van der Waals surface area contributed by atoms with Crippen molar-refractivity contribution in [2.45, 2.75) is 41.5 Å². The van der Waals surface area contributed by atoms with Crippen LogP contribution in [0.1, 0.15) is 49.3 Å². The summed E-state index contributed by atoms with van der Waals surface area (Å²) in [7, 11) is 0. The van der Waals surface area contributed by atoms with E-state index in [9.17, 15) is 9.18 Å². The van der Waals surface area contributed by atoms with Gasteiger partial charge < -0.3 is 0 Å². The first-order valence-electron chi connectivity index (χ1n) is 7.13. The zero-order chi connectivity index (χ0) is 15.9. The molecule has 0 aliphatic heterocycles. The van der Waals surface area contributed by atoms with Crippen LogP contribution in [0.25, 0.3) is 0 Å². The molecule has 110 valence electrons. The van der Waals surface area contributed by atoms with E-state index in [4.69, 9.17) is 0 Å². The highest BCUT2D eigenvalue weighted by Gasteiger charge is 2.21. The smallest absolute Gasteiger partial charge is 0.196 e. The molecule has 0 saturated heterocycles. The van der Waals surface area contributed by atoms with Crippen LogP contribution < -0.4 is 0 Å². The third kappa shape index (κ3) is 2.51. The van der Waals surface area contributed by atoms with Crippen LogP contribution in [0, 0.1) is 47.4 Å². The predicted molar refractivity (Wildman–Crippen MR) is 84.7 cm³/mol. The number of ketones is 1. The van der Waals surface area contributed by atoms with Crippen LogP contribution in [0.15, 0.2) is 18.2 Å². The molecular formula is C19H21FO. The van der Waals surface area contributed by atoms with Gasteiger partial charge in [0.15, 0.2) is 5.78 Å². The highest BCUT2D eigenvalue weighted by atomic mass is 19.1. The van der Waals surface area contributed by atoms with E-state index in [-0.39, 0.29) is 11.3 Å². The van der Waals surface area contributed by atoms with E-state index in [2.05, 4.69) is 6.92 Å². The Labute approximate surface area is 125 Å². The summed E-state index contributed by atoms with van der Waals surface area (Å²) >= 11 is 0. The average molecular weight is 284 g/mol. The fourth-order valence-electron chi connectivity index (χ4n) is 2.79. The molecule has 2 rings (SSSR count). The highest BCUT2D eigenvalue weighted by molar-refractivity contribution is 6.11. The van der Waals surface area contributed by atoms with Crippen LogP contribution in [-0.2, 0) is 0 Å². The largest absolute Gasteiger partial charge is 0.288 e. The molecule has 0 bridgehead atoms. The van der Waals surface area contributed by atoms with E-state index in [1.54, 1.807) is 12.1 Å². The molecule has 0 aliphatic rings. The molecule has 0 fully saturated rings. The molecule has 2 aromatic rings. The van der Waals surface area contributed by atoms with E-state index in [1.807, 2.05) is 34.6 Å². The van der Waals surface area contributed by atoms with Gasteiger partial charge in [-0.3, -0.25) is 4.79 Å². The zero-order valence-corrected chi connectivity index (χ0v) is 13.5. The molecule has 2 aromatic carbocycles. The lowest BCUT2D eigenvalue weighted by Crippen LogP contribution is -2.12.